The number of para-hydroxylation sites is 1. The van der Waals surface area contributed by atoms with E-state index in [1.807, 2.05) is 0 Å². The van der Waals surface area contributed by atoms with E-state index in [4.69, 9.17) is 21.1 Å². The molecular weight excluding hydrogens is 350 g/mol. The Morgan fingerprint density at radius 1 is 1.30 bits per heavy atom. The summed E-state index contributed by atoms with van der Waals surface area (Å²) in [4.78, 5) is 10.4. The largest absolute Gasteiger partial charge is 0.497 e. The van der Waals surface area contributed by atoms with Gasteiger partial charge in [0.2, 0.25) is 5.75 Å². The Bertz CT molecular complexity index is 663. The first kappa shape index (κ1) is 14.6. The van der Waals surface area contributed by atoms with Crippen molar-refractivity contribution in [3.8, 4) is 17.2 Å². The highest BCUT2D eigenvalue weighted by Crippen LogP contribution is 2.40. The van der Waals surface area contributed by atoms with Crippen LogP contribution in [0, 0.1) is 10.1 Å². The van der Waals surface area contributed by atoms with Crippen molar-refractivity contribution in [1.82, 2.24) is 0 Å². The lowest BCUT2D eigenvalue weighted by molar-refractivity contribution is -0.385. The zero-order valence-corrected chi connectivity index (χ0v) is 12.6. The quantitative estimate of drug-likeness (QED) is 0.581. The summed E-state index contributed by atoms with van der Waals surface area (Å²) in [6.45, 7) is 0. The Labute approximate surface area is 128 Å². The lowest BCUT2D eigenvalue weighted by atomic mass is 10.3. The van der Waals surface area contributed by atoms with Gasteiger partial charge >= 0.3 is 5.69 Å². The van der Waals surface area contributed by atoms with Gasteiger partial charge in [0.25, 0.3) is 0 Å². The Morgan fingerprint density at radius 2 is 2.05 bits per heavy atom. The van der Waals surface area contributed by atoms with Crippen LogP contribution < -0.4 is 9.47 Å². The van der Waals surface area contributed by atoms with Crippen LogP contribution in [0.15, 0.2) is 40.9 Å². The molecule has 0 spiro atoms. The van der Waals surface area contributed by atoms with Gasteiger partial charge in [0, 0.05) is 6.07 Å². The van der Waals surface area contributed by atoms with Crippen molar-refractivity contribution in [2.24, 2.45) is 0 Å². The van der Waals surface area contributed by atoms with Crippen LogP contribution in [-0.4, -0.2) is 12.0 Å². The molecule has 0 aromatic heterocycles. The minimum Gasteiger partial charge on any atom is -0.497 e. The second-order valence-corrected chi connectivity index (χ2v) is 5.01. The third-order valence-corrected chi connectivity index (χ3v) is 3.41. The van der Waals surface area contributed by atoms with Crippen LogP contribution in [-0.2, 0) is 0 Å². The van der Waals surface area contributed by atoms with Crippen LogP contribution in [0.2, 0.25) is 5.02 Å². The van der Waals surface area contributed by atoms with Crippen molar-refractivity contribution in [3.63, 3.8) is 0 Å². The third-order valence-electron chi connectivity index (χ3n) is 2.49. The van der Waals surface area contributed by atoms with E-state index in [1.54, 1.807) is 25.3 Å². The lowest BCUT2D eigenvalue weighted by Crippen LogP contribution is -1.95. The van der Waals surface area contributed by atoms with Gasteiger partial charge in [0.05, 0.1) is 21.5 Å². The molecule has 0 atom stereocenters. The van der Waals surface area contributed by atoms with Crippen molar-refractivity contribution in [3.05, 3.63) is 56.0 Å². The Kier molecular flexibility index (Phi) is 4.46. The zero-order valence-electron chi connectivity index (χ0n) is 10.3. The summed E-state index contributed by atoms with van der Waals surface area (Å²) in [5.74, 6) is 1.05. The summed E-state index contributed by atoms with van der Waals surface area (Å²) in [5.41, 5.74) is -0.194. The molecule has 0 unspecified atom stereocenters. The molecular formula is C13H9BrClNO4. The molecule has 0 N–H and O–H groups in total. The summed E-state index contributed by atoms with van der Waals surface area (Å²) in [5, 5.41) is 11.2. The number of nitrogens with zero attached hydrogens (tertiary/aromatic N) is 1. The van der Waals surface area contributed by atoms with Crippen LogP contribution in [0.4, 0.5) is 5.69 Å². The summed E-state index contributed by atoms with van der Waals surface area (Å²) in [7, 11) is 1.54. The maximum Gasteiger partial charge on any atom is 0.313 e. The molecule has 0 saturated carbocycles. The summed E-state index contributed by atoms with van der Waals surface area (Å²) >= 11 is 9.28. The van der Waals surface area contributed by atoms with Gasteiger partial charge in [-0.3, -0.25) is 10.1 Å². The molecule has 0 saturated heterocycles. The molecule has 0 bridgehead atoms. The van der Waals surface area contributed by atoms with E-state index >= 15 is 0 Å². The minimum absolute atomic E-state index is 0.00466. The predicted molar refractivity (Wildman–Crippen MR) is 78.9 cm³/mol. The monoisotopic (exact) mass is 357 g/mol. The molecule has 0 heterocycles. The lowest BCUT2D eigenvalue weighted by Gasteiger charge is -2.10. The van der Waals surface area contributed by atoms with Gasteiger partial charge in [-0.2, -0.15) is 0 Å². The topological polar surface area (TPSA) is 61.6 Å². The minimum atomic E-state index is -0.543. The smallest absolute Gasteiger partial charge is 0.313 e. The van der Waals surface area contributed by atoms with Crippen LogP contribution >= 0.6 is 27.5 Å². The fraction of sp³-hybridized carbons (Fsp3) is 0.0769. The normalized spacial score (nSPS) is 10.2. The number of methoxy groups -OCH3 is 1. The number of rotatable bonds is 4. The molecule has 0 fully saturated rings. The van der Waals surface area contributed by atoms with Crippen LogP contribution in [0.3, 0.4) is 0 Å². The Morgan fingerprint density at radius 3 is 2.65 bits per heavy atom. The predicted octanol–water partition coefficient (Wildman–Crippen LogP) is 4.81. The fourth-order valence-corrected chi connectivity index (χ4v) is 2.19. The first-order chi connectivity index (χ1) is 9.52. The standard InChI is InChI=1S/C13H9BrClNO4/c1-19-8-5-6-12(9(14)7-8)20-13-10(15)3-2-4-11(13)16(17)18/h2-7H,1H3. The van der Waals surface area contributed by atoms with E-state index in [0.717, 1.165) is 0 Å². The maximum absolute atomic E-state index is 11.0. The van der Waals surface area contributed by atoms with E-state index < -0.39 is 4.92 Å². The Balaban J connectivity index is 2.42. The van der Waals surface area contributed by atoms with Crippen LogP contribution in [0.5, 0.6) is 17.2 Å². The summed E-state index contributed by atoms with van der Waals surface area (Å²) < 4.78 is 11.2. The van der Waals surface area contributed by atoms with E-state index in [0.29, 0.717) is 16.0 Å². The molecule has 104 valence electrons. The van der Waals surface area contributed by atoms with Crippen molar-refractivity contribution in [1.29, 1.82) is 0 Å². The SMILES string of the molecule is COc1ccc(Oc2c(Cl)cccc2[N+](=O)[O-])c(Br)c1. The number of nitro groups is 1. The van der Waals surface area contributed by atoms with E-state index in [1.165, 1.54) is 18.2 Å². The Hall–Kier alpha value is -1.79. The van der Waals surface area contributed by atoms with Gasteiger partial charge in [-0.15, -0.1) is 0 Å². The first-order valence-corrected chi connectivity index (χ1v) is 6.64. The second-order valence-electron chi connectivity index (χ2n) is 3.74. The van der Waals surface area contributed by atoms with Crippen molar-refractivity contribution in [2.45, 2.75) is 0 Å². The van der Waals surface area contributed by atoms with E-state index in [2.05, 4.69) is 15.9 Å². The maximum atomic E-state index is 11.0. The van der Waals surface area contributed by atoms with Crippen LogP contribution in [0.1, 0.15) is 0 Å². The number of benzene rings is 2. The molecule has 0 amide bonds. The average molecular weight is 359 g/mol. The van der Waals surface area contributed by atoms with Crippen LogP contribution in [0.25, 0.3) is 0 Å². The highest BCUT2D eigenvalue weighted by Gasteiger charge is 2.20. The average Bonchev–Trinajstić information content (AvgIpc) is 2.42. The van der Waals surface area contributed by atoms with Gasteiger partial charge in [0.1, 0.15) is 11.5 Å². The van der Waals surface area contributed by atoms with Crippen molar-refractivity contribution >= 4 is 33.2 Å². The number of ether oxygens (including phenoxy) is 2. The highest BCUT2D eigenvalue weighted by molar-refractivity contribution is 9.10. The second kappa shape index (κ2) is 6.11. The molecule has 2 aromatic carbocycles. The van der Waals surface area contributed by atoms with E-state index in [9.17, 15) is 10.1 Å². The van der Waals surface area contributed by atoms with Crippen molar-refractivity contribution in [2.75, 3.05) is 7.11 Å². The number of halogens is 2. The molecule has 2 rings (SSSR count). The molecule has 0 aliphatic rings. The highest BCUT2D eigenvalue weighted by atomic mass is 79.9. The van der Waals surface area contributed by atoms with Gasteiger partial charge in [-0.1, -0.05) is 17.7 Å². The van der Waals surface area contributed by atoms with E-state index in [-0.39, 0.29) is 16.5 Å². The number of hydrogen-bond donors (Lipinski definition) is 0. The van der Waals surface area contributed by atoms with Gasteiger partial charge < -0.3 is 9.47 Å². The fourth-order valence-electron chi connectivity index (χ4n) is 1.54. The molecule has 7 heteroatoms. The molecule has 0 radical (unpaired) electrons. The van der Waals surface area contributed by atoms with Gasteiger partial charge in [-0.25, -0.2) is 0 Å². The molecule has 2 aromatic rings. The van der Waals surface area contributed by atoms with Gasteiger partial charge in [0.15, 0.2) is 0 Å². The third kappa shape index (κ3) is 3.02. The molecule has 0 aliphatic heterocycles. The zero-order chi connectivity index (χ0) is 14.7. The number of hydrogen-bond acceptors (Lipinski definition) is 4. The molecule has 20 heavy (non-hydrogen) atoms. The first-order valence-electron chi connectivity index (χ1n) is 5.47. The number of nitro benzene ring substituents is 1. The van der Waals surface area contributed by atoms with Gasteiger partial charge in [-0.05, 0) is 40.2 Å². The van der Waals surface area contributed by atoms with Crippen molar-refractivity contribution < 1.29 is 14.4 Å². The summed E-state index contributed by atoms with van der Waals surface area (Å²) in [6, 6.07) is 9.37. The summed E-state index contributed by atoms with van der Waals surface area (Å²) in [6.07, 6.45) is 0. The molecule has 5 nitrogen and oxygen atoms in total. The molecule has 0 aliphatic carbocycles.